The van der Waals surface area contributed by atoms with Crippen LogP contribution in [0.1, 0.15) is 18.9 Å². The summed E-state index contributed by atoms with van der Waals surface area (Å²) in [6.45, 7) is 7.84. The minimum atomic E-state index is -1.23. The van der Waals surface area contributed by atoms with Crippen molar-refractivity contribution >= 4 is 17.6 Å². The molecule has 3 aliphatic heterocycles. The Morgan fingerprint density at radius 3 is 2.76 bits per heavy atom. The van der Waals surface area contributed by atoms with E-state index >= 15 is 0 Å². The Hall–Kier alpha value is -2.40. The zero-order chi connectivity index (χ0) is 17.9. The summed E-state index contributed by atoms with van der Waals surface area (Å²) in [6.07, 6.45) is 3.60. The Labute approximate surface area is 146 Å². The number of carboxylic acids is 1. The average molecular weight is 338 g/mol. The van der Waals surface area contributed by atoms with Crippen LogP contribution >= 0.6 is 0 Å². The maximum absolute atomic E-state index is 13.3. The molecule has 2 fully saturated rings. The lowest BCUT2D eigenvalue weighted by atomic mass is 9.74. The number of rotatable bonds is 4. The largest absolute Gasteiger partial charge is 0.550 e. The molecular formula is C20H20NO4-. The maximum Gasteiger partial charge on any atom is 0.234 e. The van der Waals surface area contributed by atoms with Crippen molar-refractivity contribution in [1.29, 1.82) is 0 Å². The van der Waals surface area contributed by atoms with Gasteiger partial charge in [-0.05, 0) is 31.9 Å². The highest BCUT2D eigenvalue weighted by Crippen LogP contribution is 2.56. The van der Waals surface area contributed by atoms with Gasteiger partial charge in [-0.1, -0.05) is 35.9 Å². The number of anilines is 1. The number of nitrogens with zero attached hydrogens (tertiary/aromatic N) is 1. The highest BCUT2D eigenvalue weighted by molar-refractivity contribution is 6.03. The third-order valence-corrected chi connectivity index (χ3v) is 5.61. The molecule has 0 N–H and O–H groups in total. The summed E-state index contributed by atoms with van der Waals surface area (Å²) in [4.78, 5) is 26.7. The molecule has 0 aliphatic carbocycles. The Balaban J connectivity index is 1.87. The minimum absolute atomic E-state index is 0.207. The lowest BCUT2D eigenvalue weighted by Crippen LogP contribution is -2.46. The quantitative estimate of drug-likeness (QED) is 0.778. The predicted octanol–water partition coefficient (Wildman–Crippen LogP) is 1.37. The first-order valence-corrected chi connectivity index (χ1v) is 8.48. The third kappa shape index (κ3) is 2.05. The van der Waals surface area contributed by atoms with Gasteiger partial charge in [-0.3, -0.25) is 4.79 Å². The molecule has 3 heterocycles. The SMILES string of the molecule is C=C(C)C[C@H]1N(c2ccccc2C)C(=O)[C@@H]2[C@H](C(=O)[O-])[C@H]3C=C[C@]21O3. The zero-order valence-electron chi connectivity index (χ0n) is 14.3. The van der Waals surface area contributed by atoms with Gasteiger partial charge in [0.15, 0.2) is 0 Å². The molecule has 5 heteroatoms. The second kappa shape index (κ2) is 5.30. The van der Waals surface area contributed by atoms with Crippen LogP contribution in [0, 0.1) is 18.8 Å². The van der Waals surface area contributed by atoms with Crippen LogP contribution in [0.15, 0.2) is 48.6 Å². The molecule has 2 saturated heterocycles. The number of carbonyl (C=O) groups is 2. The van der Waals surface area contributed by atoms with Gasteiger partial charge in [-0.2, -0.15) is 0 Å². The number of amides is 1. The monoisotopic (exact) mass is 338 g/mol. The van der Waals surface area contributed by atoms with Gasteiger partial charge in [-0.25, -0.2) is 0 Å². The van der Waals surface area contributed by atoms with Gasteiger partial charge in [0.25, 0.3) is 0 Å². The number of para-hydroxylation sites is 1. The number of hydrogen-bond acceptors (Lipinski definition) is 4. The van der Waals surface area contributed by atoms with Gasteiger partial charge in [0.05, 0.1) is 18.1 Å². The molecule has 130 valence electrons. The Bertz CT molecular complexity index is 814. The summed E-state index contributed by atoms with van der Waals surface area (Å²) in [6, 6.07) is 7.31. The standard InChI is InChI=1S/C20H21NO4/c1-11(2)10-15-20-9-8-14(25-20)16(19(23)24)17(20)18(22)21(15)13-7-5-4-6-12(13)3/h4-9,14-17H,1,10H2,2-3H3,(H,23,24)/p-1/t14-,15-,16-,17+,20-/m1/s1. The number of carboxylic acid groups (broad SMARTS) is 1. The van der Waals surface area contributed by atoms with E-state index in [0.717, 1.165) is 16.8 Å². The Morgan fingerprint density at radius 2 is 2.12 bits per heavy atom. The summed E-state index contributed by atoms with van der Waals surface area (Å²) in [7, 11) is 0. The molecule has 1 aromatic rings. The van der Waals surface area contributed by atoms with E-state index < -0.39 is 29.5 Å². The van der Waals surface area contributed by atoms with E-state index in [4.69, 9.17) is 4.74 Å². The normalized spacial score (nSPS) is 35.3. The van der Waals surface area contributed by atoms with Crippen molar-refractivity contribution in [3.8, 4) is 0 Å². The summed E-state index contributed by atoms with van der Waals surface area (Å²) < 4.78 is 6.10. The van der Waals surface area contributed by atoms with Gasteiger partial charge in [-0.15, -0.1) is 6.58 Å². The van der Waals surface area contributed by atoms with Crippen LogP contribution in [0.3, 0.4) is 0 Å². The molecule has 0 unspecified atom stereocenters. The molecular weight excluding hydrogens is 318 g/mol. The molecule has 3 aliphatic rings. The number of fused-ring (bicyclic) bond motifs is 1. The second-order valence-electron chi connectivity index (χ2n) is 7.29. The van der Waals surface area contributed by atoms with E-state index in [0.29, 0.717) is 6.42 Å². The number of aliphatic carboxylic acids is 1. The fourth-order valence-electron chi connectivity index (χ4n) is 4.62. The number of ether oxygens (including phenoxy) is 1. The smallest absolute Gasteiger partial charge is 0.234 e. The van der Waals surface area contributed by atoms with E-state index in [2.05, 4.69) is 6.58 Å². The fourth-order valence-corrected chi connectivity index (χ4v) is 4.62. The van der Waals surface area contributed by atoms with E-state index in [9.17, 15) is 14.7 Å². The number of hydrogen-bond donors (Lipinski definition) is 0. The Morgan fingerprint density at radius 1 is 1.40 bits per heavy atom. The van der Waals surface area contributed by atoms with Crippen molar-refractivity contribution in [1.82, 2.24) is 0 Å². The molecule has 5 atom stereocenters. The van der Waals surface area contributed by atoms with E-state index in [-0.39, 0.29) is 11.9 Å². The van der Waals surface area contributed by atoms with Crippen LogP contribution in [0.4, 0.5) is 5.69 Å². The van der Waals surface area contributed by atoms with E-state index in [1.54, 1.807) is 11.0 Å². The van der Waals surface area contributed by atoms with Gasteiger partial charge >= 0.3 is 0 Å². The lowest BCUT2D eigenvalue weighted by molar-refractivity contribution is -0.313. The first-order valence-electron chi connectivity index (χ1n) is 8.48. The summed E-state index contributed by atoms with van der Waals surface area (Å²) >= 11 is 0. The van der Waals surface area contributed by atoms with E-state index in [1.807, 2.05) is 44.2 Å². The van der Waals surface area contributed by atoms with Crippen molar-refractivity contribution in [2.45, 2.75) is 38.0 Å². The van der Waals surface area contributed by atoms with Gasteiger partial charge < -0.3 is 19.5 Å². The van der Waals surface area contributed by atoms with Crippen LogP contribution in [-0.4, -0.2) is 29.6 Å². The molecule has 1 aromatic carbocycles. The van der Waals surface area contributed by atoms with Crippen molar-refractivity contribution in [2.24, 2.45) is 11.8 Å². The molecule has 4 rings (SSSR count). The van der Waals surface area contributed by atoms with Crippen molar-refractivity contribution in [3.63, 3.8) is 0 Å². The summed E-state index contributed by atoms with van der Waals surface area (Å²) in [5.41, 5.74) is 1.75. The van der Waals surface area contributed by atoms with Crippen molar-refractivity contribution < 1.29 is 19.4 Å². The first kappa shape index (κ1) is 16.1. The highest BCUT2D eigenvalue weighted by Gasteiger charge is 2.69. The van der Waals surface area contributed by atoms with Gasteiger partial charge in [0.2, 0.25) is 5.91 Å². The zero-order valence-corrected chi connectivity index (χ0v) is 14.3. The third-order valence-electron chi connectivity index (χ3n) is 5.61. The van der Waals surface area contributed by atoms with Crippen molar-refractivity contribution in [3.05, 3.63) is 54.1 Å². The van der Waals surface area contributed by atoms with Crippen LogP contribution in [-0.2, 0) is 14.3 Å². The molecule has 2 bridgehead atoms. The molecule has 1 amide bonds. The topological polar surface area (TPSA) is 69.7 Å². The van der Waals surface area contributed by atoms with Gasteiger partial charge in [0, 0.05) is 17.6 Å². The second-order valence-corrected chi connectivity index (χ2v) is 7.29. The molecule has 0 radical (unpaired) electrons. The number of benzene rings is 1. The molecule has 1 spiro atoms. The highest BCUT2D eigenvalue weighted by atomic mass is 16.5. The van der Waals surface area contributed by atoms with Crippen LogP contribution in [0.2, 0.25) is 0 Å². The number of carbonyl (C=O) groups excluding carboxylic acids is 2. The molecule has 0 saturated carbocycles. The minimum Gasteiger partial charge on any atom is -0.550 e. The van der Waals surface area contributed by atoms with E-state index in [1.165, 1.54) is 0 Å². The van der Waals surface area contributed by atoms with Crippen LogP contribution in [0.25, 0.3) is 0 Å². The predicted molar refractivity (Wildman–Crippen MR) is 90.6 cm³/mol. The van der Waals surface area contributed by atoms with Crippen molar-refractivity contribution in [2.75, 3.05) is 4.90 Å². The summed E-state index contributed by atoms with van der Waals surface area (Å²) in [5.74, 6) is -3.13. The molecule has 5 nitrogen and oxygen atoms in total. The Kier molecular flexibility index (Phi) is 3.41. The number of aryl methyl sites for hydroxylation is 1. The fraction of sp³-hybridized carbons (Fsp3) is 0.400. The van der Waals surface area contributed by atoms with Crippen LogP contribution in [0.5, 0.6) is 0 Å². The lowest BCUT2D eigenvalue weighted by Gasteiger charge is -2.34. The maximum atomic E-state index is 13.3. The molecule has 0 aromatic heterocycles. The average Bonchev–Trinajstić information content (AvgIpc) is 3.18. The summed E-state index contributed by atoms with van der Waals surface area (Å²) in [5, 5.41) is 11.7. The van der Waals surface area contributed by atoms with Crippen LogP contribution < -0.4 is 10.0 Å². The molecule has 25 heavy (non-hydrogen) atoms. The first-order chi connectivity index (χ1) is 11.9. The van der Waals surface area contributed by atoms with Gasteiger partial charge in [0.1, 0.15) is 5.60 Å².